The summed E-state index contributed by atoms with van der Waals surface area (Å²) in [6.07, 6.45) is 5.54. The zero-order valence-corrected chi connectivity index (χ0v) is 12.5. The summed E-state index contributed by atoms with van der Waals surface area (Å²) in [7, 11) is -1.95. The van der Waals surface area contributed by atoms with Gasteiger partial charge in [-0.15, -0.1) is 0 Å². The molecule has 1 unspecified atom stereocenters. The molecule has 0 saturated heterocycles. The number of rotatable bonds is 3. The first-order valence-electron chi connectivity index (χ1n) is 6.54. The van der Waals surface area contributed by atoms with Gasteiger partial charge in [-0.25, -0.2) is 13.1 Å². The molecule has 3 N–H and O–H groups in total. The van der Waals surface area contributed by atoms with Crippen molar-refractivity contribution in [2.75, 3.05) is 5.73 Å². The smallest absolute Gasteiger partial charge is 0.246 e. The number of nitrogens with two attached hydrogens (primary N) is 1. The molecule has 1 aliphatic rings. The zero-order chi connectivity index (χ0) is 14.3. The monoisotopic (exact) mass is 286 g/mol. The van der Waals surface area contributed by atoms with Crippen LogP contribution in [0.1, 0.15) is 39.5 Å². The second kappa shape index (κ2) is 4.79. The zero-order valence-electron chi connectivity index (χ0n) is 11.7. The Morgan fingerprint density at radius 1 is 1.47 bits per heavy atom. The molecule has 7 heteroatoms. The first-order chi connectivity index (χ1) is 8.72. The molecular formula is C12H22N4O2S. The number of hydrogen-bond acceptors (Lipinski definition) is 4. The predicted octanol–water partition coefficient (Wildman–Crippen LogP) is 1.25. The van der Waals surface area contributed by atoms with Crippen LogP contribution in [0.3, 0.4) is 0 Å². The highest BCUT2D eigenvalue weighted by atomic mass is 32.2. The number of nitrogen functional groups attached to an aromatic ring is 1. The van der Waals surface area contributed by atoms with Crippen molar-refractivity contribution in [3.8, 4) is 0 Å². The molecule has 0 radical (unpaired) electrons. The summed E-state index contributed by atoms with van der Waals surface area (Å²) >= 11 is 0. The molecule has 1 aromatic rings. The lowest BCUT2D eigenvalue weighted by Crippen LogP contribution is -2.46. The van der Waals surface area contributed by atoms with E-state index in [2.05, 4.69) is 23.7 Å². The number of sulfonamides is 1. The van der Waals surface area contributed by atoms with Crippen LogP contribution >= 0.6 is 0 Å². The maximum absolute atomic E-state index is 12.4. The molecule has 0 bridgehead atoms. The second-order valence-electron chi connectivity index (χ2n) is 5.96. The molecule has 0 amide bonds. The first kappa shape index (κ1) is 14.3. The highest BCUT2D eigenvalue weighted by Crippen LogP contribution is 2.36. The molecule has 1 fully saturated rings. The van der Waals surface area contributed by atoms with Gasteiger partial charge in [0, 0.05) is 19.3 Å². The standard InChI is InChI=1S/C12H22N4O2S/c1-12(2)7-5-4-6-10(12)15-19(17,18)9-8-16(3)14-11(9)13/h8,10,15H,4-7H2,1-3H3,(H2,13,14). The Hall–Kier alpha value is -1.08. The quantitative estimate of drug-likeness (QED) is 0.875. The Balaban J connectivity index is 2.24. The molecule has 1 aliphatic carbocycles. The van der Waals surface area contributed by atoms with Crippen molar-refractivity contribution in [2.45, 2.75) is 50.5 Å². The SMILES string of the molecule is Cn1cc(S(=O)(=O)NC2CCCCC2(C)C)c(N)n1. The molecular weight excluding hydrogens is 264 g/mol. The summed E-state index contributed by atoms with van der Waals surface area (Å²) in [5, 5.41) is 3.88. The second-order valence-corrected chi connectivity index (χ2v) is 7.64. The van der Waals surface area contributed by atoms with Crippen LogP contribution in [0.15, 0.2) is 11.1 Å². The molecule has 1 atom stereocenters. The van der Waals surface area contributed by atoms with Crippen molar-refractivity contribution in [2.24, 2.45) is 12.5 Å². The summed E-state index contributed by atoms with van der Waals surface area (Å²) in [5.41, 5.74) is 5.62. The van der Waals surface area contributed by atoms with Gasteiger partial charge in [0.25, 0.3) is 0 Å². The number of anilines is 1. The molecule has 1 saturated carbocycles. The van der Waals surface area contributed by atoms with Crippen LogP contribution in [0.2, 0.25) is 0 Å². The number of nitrogens with zero attached hydrogens (tertiary/aromatic N) is 2. The first-order valence-corrected chi connectivity index (χ1v) is 8.02. The van der Waals surface area contributed by atoms with Crippen LogP contribution in [0.5, 0.6) is 0 Å². The molecule has 0 aliphatic heterocycles. The molecule has 19 heavy (non-hydrogen) atoms. The maximum Gasteiger partial charge on any atom is 0.246 e. The van der Waals surface area contributed by atoms with Crippen molar-refractivity contribution in [1.82, 2.24) is 14.5 Å². The van der Waals surface area contributed by atoms with Crippen LogP contribution in [-0.4, -0.2) is 24.2 Å². The average Bonchev–Trinajstić information content (AvgIpc) is 2.61. The van der Waals surface area contributed by atoms with Gasteiger partial charge in [0.2, 0.25) is 10.0 Å². The Morgan fingerprint density at radius 2 is 2.16 bits per heavy atom. The lowest BCUT2D eigenvalue weighted by molar-refractivity contribution is 0.188. The van der Waals surface area contributed by atoms with Gasteiger partial charge in [-0.2, -0.15) is 5.10 Å². The van der Waals surface area contributed by atoms with E-state index in [9.17, 15) is 8.42 Å². The summed E-state index contributed by atoms with van der Waals surface area (Å²) in [4.78, 5) is 0.0661. The Kier molecular flexibility index (Phi) is 3.61. The molecule has 1 heterocycles. The van der Waals surface area contributed by atoms with E-state index in [0.717, 1.165) is 25.7 Å². The molecule has 2 rings (SSSR count). The van der Waals surface area contributed by atoms with Crippen molar-refractivity contribution in [1.29, 1.82) is 0 Å². The van der Waals surface area contributed by atoms with Crippen molar-refractivity contribution in [3.63, 3.8) is 0 Å². The summed E-state index contributed by atoms with van der Waals surface area (Å²) in [6.45, 7) is 4.21. The van der Waals surface area contributed by atoms with Crippen molar-refractivity contribution >= 4 is 15.8 Å². The van der Waals surface area contributed by atoms with Crippen LogP contribution < -0.4 is 10.5 Å². The topological polar surface area (TPSA) is 90.0 Å². The molecule has 1 aromatic heterocycles. The largest absolute Gasteiger partial charge is 0.381 e. The predicted molar refractivity (Wildman–Crippen MR) is 74.0 cm³/mol. The Morgan fingerprint density at radius 3 is 2.68 bits per heavy atom. The number of aromatic nitrogens is 2. The third-order valence-electron chi connectivity index (χ3n) is 3.92. The molecule has 6 nitrogen and oxygen atoms in total. The number of nitrogens with one attached hydrogen (secondary N) is 1. The third-order valence-corrected chi connectivity index (χ3v) is 5.40. The van der Waals surface area contributed by atoms with Crippen LogP contribution in [0.25, 0.3) is 0 Å². The van der Waals surface area contributed by atoms with Gasteiger partial charge in [-0.1, -0.05) is 26.7 Å². The maximum atomic E-state index is 12.4. The van der Waals surface area contributed by atoms with E-state index in [1.807, 2.05) is 0 Å². The third kappa shape index (κ3) is 2.92. The van der Waals surface area contributed by atoms with E-state index in [-0.39, 0.29) is 22.2 Å². The minimum Gasteiger partial charge on any atom is -0.381 e. The summed E-state index contributed by atoms with van der Waals surface area (Å²) < 4.78 is 29.0. The van der Waals surface area contributed by atoms with E-state index in [0.29, 0.717) is 0 Å². The number of hydrogen-bond donors (Lipinski definition) is 2. The summed E-state index contributed by atoms with van der Waals surface area (Å²) in [6, 6.07) is -0.0501. The van der Waals surface area contributed by atoms with E-state index in [4.69, 9.17) is 5.73 Å². The van der Waals surface area contributed by atoms with E-state index in [1.54, 1.807) is 7.05 Å². The normalized spacial score (nSPS) is 23.4. The summed E-state index contributed by atoms with van der Waals surface area (Å²) in [5.74, 6) is 0.0450. The van der Waals surface area contributed by atoms with E-state index < -0.39 is 10.0 Å². The highest BCUT2D eigenvalue weighted by Gasteiger charge is 2.36. The number of aryl methyl sites for hydroxylation is 1. The van der Waals surface area contributed by atoms with Crippen LogP contribution in [0, 0.1) is 5.41 Å². The molecule has 108 valence electrons. The van der Waals surface area contributed by atoms with Crippen molar-refractivity contribution in [3.05, 3.63) is 6.20 Å². The fourth-order valence-electron chi connectivity index (χ4n) is 2.65. The van der Waals surface area contributed by atoms with Gasteiger partial charge in [0.05, 0.1) is 0 Å². The minimum atomic E-state index is -3.60. The van der Waals surface area contributed by atoms with Crippen LogP contribution in [-0.2, 0) is 17.1 Å². The van der Waals surface area contributed by atoms with Crippen molar-refractivity contribution < 1.29 is 8.42 Å². The van der Waals surface area contributed by atoms with Gasteiger partial charge >= 0.3 is 0 Å². The van der Waals surface area contributed by atoms with Gasteiger partial charge in [-0.3, -0.25) is 4.68 Å². The van der Waals surface area contributed by atoms with Crippen LogP contribution in [0.4, 0.5) is 5.82 Å². The molecule has 0 aromatic carbocycles. The van der Waals surface area contributed by atoms with Gasteiger partial charge in [-0.05, 0) is 18.3 Å². The lowest BCUT2D eigenvalue weighted by Gasteiger charge is -2.38. The minimum absolute atomic E-state index is 0.0255. The molecule has 0 spiro atoms. The fraction of sp³-hybridized carbons (Fsp3) is 0.750. The average molecular weight is 286 g/mol. The fourth-order valence-corrected chi connectivity index (χ4v) is 4.20. The van der Waals surface area contributed by atoms with E-state index in [1.165, 1.54) is 10.9 Å². The van der Waals surface area contributed by atoms with Gasteiger partial charge in [0.15, 0.2) is 5.82 Å². The highest BCUT2D eigenvalue weighted by molar-refractivity contribution is 7.89. The Bertz CT molecular complexity index is 562. The lowest BCUT2D eigenvalue weighted by atomic mass is 9.74. The Labute approximate surface area is 114 Å². The van der Waals surface area contributed by atoms with Gasteiger partial charge in [0.1, 0.15) is 4.90 Å². The van der Waals surface area contributed by atoms with Gasteiger partial charge < -0.3 is 5.73 Å². The van der Waals surface area contributed by atoms with E-state index >= 15 is 0 Å².